The number of aliphatic hydroxyl groups is 1. The molecule has 29 heavy (non-hydrogen) atoms. The van der Waals surface area contributed by atoms with Crippen LogP contribution in [-0.2, 0) is 0 Å². The summed E-state index contributed by atoms with van der Waals surface area (Å²) in [5.74, 6) is -0.0607. The summed E-state index contributed by atoms with van der Waals surface area (Å²) in [6.45, 7) is 6.06. The third-order valence-electron chi connectivity index (χ3n) is 4.59. The lowest BCUT2D eigenvalue weighted by Crippen LogP contribution is -2.38. The van der Waals surface area contributed by atoms with Gasteiger partial charge in [-0.25, -0.2) is 0 Å². The van der Waals surface area contributed by atoms with E-state index in [0.29, 0.717) is 26.3 Å². The average molecular weight is 444 g/mol. The van der Waals surface area contributed by atoms with Gasteiger partial charge >= 0.3 is 0 Å². The number of hydrogen-bond donors (Lipinski definition) is 2. The topological polar surface area (TPSA) is 36.1 Å². The standard InChI is InChI=1S/C23H20Cl2N2OS/c1-14-5-4-10-27(13-14)21(22(28)19-12-17(24)7-9-20(19)25)23(29)26-18-8-6-15(2)16(3)11-18/h4-13H,1-3H3,(H-,26,28,29)/p+1. The molecule has 0 spiro atoms. The number of nitrogens with zero attached hydrogens (tertiary/aromatic N) is 1. The van der Waals surface area contributed by atoms with Gasteiger partial charge in [-0.3, -0.25) is 0 Å². The molecule has 0 atom stereocenters. The Morgan fingerprint density at radius 2 is 1.76 bits per heavy atom. The molecule has 2 N–H and O–H groups in total. The first kappa shape index (κ1) is 21.3. The third-order valence-corrected chi connectivity index (χ3v) is 5.45. The largest absolute Gasteiger partial charge is 0.502 e. The Kier molecular flexibility index (Phi) is 6.58. The number of nitrogens with one attached hydrogen (secondary N) is 1. The average Bonchev–Trinajstić information content (AvgIpc) is 2.67. The highest BCUT2D eigenvalue weighted by atomic mass is 35.5. The van der Waals surface area contributed by atoms with Crippen molar-refractivity contribution in [2.75, 3.05) is 5.32 Å². The fraction of sp³-hybridized carbons (Fsp3) is 0.130. The highest BCUT2D eigenvalue weighted by Gasteiger charge is 2.25. The van der Waals surface area contributed by atoms with Gasteiger partial charge in [0.05, 0.1) is 5.02 Å². The lowest BCUT2D eigenvalue weighted by Gasteiger charge is -2.12. The van der Waals surface area contributed by atoms with Crippen LogP contribution in [0.5, 0.6) is 0 Å². The second kappa shape index (κ2) is 8.95. The highest BCUT2D eigenvalue weighted by molar-refractivity contribution is 7.81. The number of aromatic nitrogens is 1. The van der Waals surface area contributed by atoms with Crippen LogP contribution in [0.25, 0.3) is 11.5 Å². The number of pyridine rings is 1. The second-order valence-electron chi connectivity index (χ2n) is 6.86. The number of aliphatic hydroxyl groups excluding tert-OH is 1. The molecule has 0 saturated heterocycles. The van der Waals surface area contributed by atoms with E-state index in [0.717, 1.165) is 16.8 Å². The Hall–Kier alpha value is -2.40. The van der Waals surface area contributed by atoms with Gasteiger partial charge in [-0.05, 0) is 68.3 Å². The minimum atomic E-state index is -0.0607. The SMILES string of the molecule is Cc1ccc[n+](/C(C(=S)Nc2ccc(C)c(C)c2)=C(/O)c2cc(Cl)ccc2Cl)c1. The van der Waals surface area contributed by atoms with Crippen molar-refractivity contribution < 1.29 is 9.67 Å². The predicted octanol–water partition coefficient (Wildman–Crippen LogP) is 6.53. The first-order chi connectivity index (χ1) is 13.8. The Morgan fingerprint density at radius 3 is 2.45 bits per heavy atom. The zero-order valence-corrected chi connectivity index (χ0v) is 18.7. The van der Waals surface area contributed by atoms with Crippen molar-refractivity contribution >= 4 is 57.6 Å². The molecule has 0 aliphatic heterocycles. The predicted molar refractivity (Wildman–Crippen MR) is 126 cm³/mol. The number of thiocarbonyl (C=S) groups is 1. The molecule has 0 bridgehead atoms. The molecule has 1 aromatic heterocycles. The van der Waals surface area contributed by atoms with Crippen LogP contribution in [0.4, 0.5) is 5.69 Å². The van der Waals surface area contributed by atoms with Gasteiger partial charge in [-0.1, -0.05) is 41.5 Å². The van der Waals surface area contributed by atoms with Gasteiger partial charge in [0.25, 0.3) is 5.70 Å². The molecule has 148 valence electrons. The molecular weight excluding hydrogens is 423 g/mol. The Bertz CT molecular complexity index is 1130. The second-order valence-corrected chi connectivity index (χ2v) is 8.12. The Labute approximate surface area is 186 Å². The van der Waals surface area contributed by atoms with E-state index in [1.54, 1.807) is 22.8 Å². The molecule has 0 unspecified atom stereocenters. The van der Waals surface area contributed by atoms with Gasteiger partial charge in [0.1, 0.15) is 0 Å². The first-order valence-corrected chi connectivity index (χ1v) is 10.2. The molecule has 0 aliphatic carbocycles. The molecule has 3 nitrogen and oxygen atoms in total. The van der Waals surface area contributed by atoms with Crippen molar-refractivity contribution in [3.05, 3.63) is 93.2 Å². The first-order valence-electron chi connectivity index (χ1n) is 9.02. The van der Waals surface area contributed by atoms with Gasteiger partial charge in [0.2, 0.25) is 5.76 Å². The molecule has 1 heterocycles. The quantitative estimate of drug-likeness (QED) is 0.208. The summed E-state index contributed by atoms with van der Waals surface area (Å²) < 4.78 is 1.78. The monoisotopic (exact) mass is 443 g/mol. The summed E-state index contributed by atoms with van der Waals surface area (Å²) >= 11 is 18.1. The molecule has 0 aliphatic rings. The molecule has 3 aromatic rings. The minimum absolute atomic E-state index is 0.0607. The van der Waals surface area contributed by atoms with Crippen LogP contribution in [0.1, 0.15) is 22.3 Å². The fourth-order valence-electron chi connectivity index (χ4n) is 2.90. The smallest absolute Gasteiger partial charge is 0.288 e. The van der Waals surface area contributed by atoms with Crippen LogP contribution in [-0.4, -0.2) is 10.1 Å². The maximum Gasteiger partial charge on any atom is 0.288 e. The number of hydrogen-bond acceptors (Lipinski definition) is 2. The van der Waals surface area contributed by atoms with Crippen LogP contribution in [0.3, 0.4) is 0 Å². The molecule has 0 radical (unpaired) electrons. The van der Waals surface area contributed by atoms with Crippen molar-refractivity contribution in [3.8, 4) is 0 Å². The van der Waals surface area contributed by atoms with Gasteiger partial charge in [0, 0.05) is 27.9 Å². The number of halogens is 2. The van der Waals surface area contributed by atoms with Crippen LogP contribution < -0.4 is 9.88 Å². The maximum atomic E-state index is 11.2. The van der Waals surface area contributed by atoms with E-state index < -0.39 is 0 Å². The summed E-state index contributed by atoms with van der Waals surface area (Å²) in [4.78, 5) is 0.359. The van der Waals surface area contributed by atoms with Crippen molar-refractivity contribution in [2.24, 2.45) is 0 Å². The summed E-state index contributed by atoms with van der Waals surface area (Å²) in [6.07, 6.45) is 3.71. The Morgan fingerprint density at radius 1 is 1.00 bits per heavy atom. The number of aryl methyl sites for hydroxylation is 3. The van der Waals surface area contributed by atoms with E-state index in [1.165, 1.54) is 5.56 Å². The number of anilines is 1. The zero-order valence-electron chi connectivity index (χ0n) is 16.3. The molecular formula is C23H21Cl2N2OS+. The number of benzene rings is 2. The normalized spacial score (nSPS) is 11.8. The lowest BCUT2D eigenvalue weighted by molar-refractivity contribution is -0.576. The maximum absolute atomic E-state index is 11.2. The number of rotatable bonds is 4. The van der Waals surface area contributed by atoms with Gasteiger partial charge in [-0.15, -0.1) is 0 Å². The van der Waals surface area contributed by atoms with Crippen molar-refractivity contribution in [3.63, 3.8) is 0 Å². The zero-order chi connectivity index (χ0) is 21.1. The summed E-state index contributed by atoms with van der Waals surface area (Å²) in [5, 5.41) is 15.2. The van der Waals surface area contributed by atoms with Crippen LogP contribution in [0.2, 0.25) is 10.0 Å². The Balaban J connectivity index is 2.13. The highest BCUT2D eigenvalue weighted by Crippen LogP contribution is 2.28. The van der Waals surface area contributed by atoms with Crippen LogP contribution in [0.15, 0.2) is 60.9 Å². The summed E-state index contributed by atoms with van der Waals surface area (Å²) in [7, 11) is 0. The van der Waals surface area contributed by atoms with Crippen LogP contribution >= 0.6 is 35.4 Å². The van der Waals surface area contributed by atoms with Gasteiger partial charge in [-0.2, -0.15) is 4.57 Å². The molecule has 0 amide bonds. The summed E-state index contributed by atoms with van der Waals surface area (Å²) in [5.41, 5.74) is 5.02. The van der Waals surface area contributed by atoms with E-state index in [2.05, 4.69) is 12.2 Å². The van der Waals surface area contributed by atoms with Crippen molar-refractivity contribution in [2.45, 2.75) is 20.8 Å². The van der Waals surface area contributed by atoms with Crippen molar-refractivity contribution in [1.29, 1.82) is 0 Å². The third kappa shape index (κ3) is 4.96. The fourth-order valence-corrected chi connectivity index (χ4v) is 3.59. The van der Waals surface area contributed by atoms with Crippen LogP contribution in [0, 0.1) is 20.8 Å². The molecule has 3 rings (SSSR count). The van der Waals surface area contributed by atoms with E-state index in [-0.39, 0.29) is 5.76 Å². The van der Waals surface area contributed by atoms with E-state index in [1.807, 2.05) is 56.6 Å². The van der Waals surface area contributed by atoms with E-state index in [9.17, 15) is 5.11 Å². The van der Waals surface area contributed by atoms with E-state index >= 15 is 0 Å². The van der Waals surface area contributed by atoms with Gasteiger partial charge < -0.3 is 10.4 Å². The lowest BCUT2D eigenvalue weighted by atomic mass is 10.1. The molecule has 2 aromatic carbocycles. The summed E-state index contributed by atoms with van der Waals surface area (Å²) in [6, 6.07) is 14.8. The minimum Gasteiger partial charge on any atom is -0.502 e. The van der Waals surface area contributed by atoms with Crippen molar-refractivity contribution in [1.82, 2.24) is 0 Å². The molecule has 0 fully saturated rings. The van der Waals surface area contributed by atoms with E-state index in [4.69, 9.17) is 35.4 Å². The molecule has 0 saturated carbocycles. The van der Waals surface area contributed by atoms with Gasteiger partial charge in [0.15, 0.2) is 17.4 Å². The molecule has 6 heteroatoms.